The van der Waals surface area contributed by atoms with Crippen LogP contribution in [0.3, 0.4) is 0 Å². The number of ketones is 1. The van der Waals surface area contributed by atoms with Gasteiger partial charge in [-0.25, -0.2) is 0 Å². The fourth-order valence-corrected chi connectivity index (χ4v) is 3.64. The number of benzene rings is 2. The maximum Gasteiger partial charge on any atom is 0.295 e. The van der Waals surface area contributed by atoms with Crippen molar-refractivity contribution >= 4 is 17.4 Å². The van der Waals surface area contributed by atoms with Crippen LogP contribution in [-0.4, -0.2) is 34.8 Å². The first-order valence-corrected chi connectivity index (χ1v) is 10.2. The van der Waals surface area contributed by atoms with E-state index < -0.39 is 17.7 Å². The highest BCUT2D eigenvalue weighted by molar-refractivity contribution is 6.46. The predicted molar refractivity (Wildman–Crippen MR) is 122 cm³/mol. The highest BCUT2D eigenvalue weighted by atomic mass is 16.5. The van der Waals surface area contributed by atoms with Gasteiger partial charge in [0.2, 0.25) is 0 Å². The molecule has 0 aromatic heterocycles. The molecular formula is C26H27NO4. The highest BCUT2D eigenvalue weighted by Gasteiger charge is 2.45. The molecule has 1 N–H and O–H groups in total. The lowest BCUT2D eigenvalue weighted by atomic mass is 9.93. The van der Waals surface area contributed by atoms with Crippen molar-refractivity contribution in [2.24, 2.45) is 0 Å². The van der Waals surface area contributed by atoms with E-state index in [1.807, 2.05) is 24.3 Å². The van der Waals surface area contributed by atoms with Crippen LogP contribution in [0.25, 0.3) is 5.76 Å². The molecule has 0 bridgehead atoms. The number of aliphatic hydroxyl groups is 1. The molecule has 0 aliphatic carbocycles. The molecule has 2 aromatic carbocycles. The molecule has 3 rings (SSSR count). The topological polar surface area (TPSA) is 66.8 Å². The third-order valence-corrected chi connectivity index (χ3v) is 5.28. The minimum atomic E-state index is -0.704. The Balaban J connectivity index is 2.07. The summed E-state index contributed by atoms with van der Waals surface area (Å²) in [5.74, 6) is -0.590. The number of rotatable bonds is 8. The standard InChI is InChI=1S/C26H27NO4/c1-5-15-27-23(19-9-7-18(8-10-19)17(3)4)22(25(29)26(27)30)24(28)20-11-13-21(14-12-20)31-16-6-2/h5-14,17,23,28H,1-2,15-16H2,3-4H3/t23-/m1/s1. The van der Waals surface area contributed by atoms with E-state index in [9.17, 15) is 14.7 Å². The van der Waals surface area contributed by atoms with Gasteiger partial charge in [-0.1, -0.05) is 56.8 Å². The van der Waals surface area contributed by atoms with Crippen LogP contribution < -0.4 is 4.74 Å². The fourth-order valence-electron chi connectivity index (χ4n) is 3.64. The first kappa shape index (κ1) is 22.1. The minimum Gasteiger partial charge on any atom is -0.507 e. The molecule has 5 heteroatoms. The molecule has 1 atom stereocenters. The van der Waals surface area contributed by atoms with Crippen LogP contribution in [0.15, 0.2) is 79.4 Å². The second-order valence-corrected chi connectivity index (χ2v) is 7.69. The zero-order valence-electron chi connectivity index (χ0n) is 17.9. The molecular weight excluding hydrogens is 390 g/mol. The summed E-state index contributed by atoms with van der Waals surface area (Å²) in [7, 11) is 0. The molecule has 1 heterocycles. The van der Waals surface area contributed by atoms with E-state index in [-0.39, 0.29) is 17.9 Å². The van der Waals surface area contributed by atoms with Crippen molar-refractivity contribution in [3.8, 4) is 5.75 Å². The van der Waals surface area contributed by atoms with Gasteiger partial charge < -0.3 is 14.7 Å². The summed E-state index contributed by atoms with van der Waals surface area (Å²) in [6.07, 6.45) is 3.21. The maximum atomic E-state index is 12.9. The van der Waals surface area contributed by atoms with Gasteiger partial charge in [0.15, 0.2) is 0 Å². The first-order chi connectivity index (χ1) is 14.9. The normalized spacial score (nSPS) is 17.8. The number of hydrogen-bond acceptors (Lipinski definition) is 4. The third kappa shape index (κ3) is 4.45. The van der Waals surface area contributed by atoms with Gasteiger partial charge in [0.1, 0.15) is 18.1 Å². The van der Waals surface area contributed by atoms with E-state index in [0.717, 1.165) is 11.1 Å². The molecule has 0 spiro atoms. The van der Waals surface area contributed by atoms with Crippen molar-refractivity contribution in [2.45, 2.75) is 25.8 Å². The van der Waals surface area contributed by atoms with Crippen LogP contribution in [0.4, 0.5) is 0 Å². The Morgan fingerprint density at radius 1 is 1.06 bits per heavy atom. The molecule has 1 saturated heterocycles. The predicted octanol–water partition coefficient (Wildman–Crippen LogP) is 4.98. The van der Waals surface area contributed by atoms with Crippen molar-refractivity contribution in [3.63, 3.8) is 0 Å². The lowest BCUT2D eigenvalue weighted by Crippen LogP contribution is -2.29. The average molecular weight is 418 g/mol. The third-order valence-electron chi connectivity index (χ3n) is 5.28. The van der Waals surface area contributed by atoms with Crippen molar-refractivity contribution in [3.05, 3.63) is 96.1 Å². The molecule has 1 amide bonds. The number of nitrogens with zero attached hydrogens (tertiary/aromatic N) is 1. The number of amides is 1. The Morgan fingerprint density at radius 2 is 1.71 bits per heavy atom. The summed E-state index contributed by atoms with van der Waals surface area (Å²) in [6.45, 7) is 12.1. The van der Waals surface area contributed by atoms with Crippen molar-refractivity contribution in [2.75, 3.05) is 13.2 Å². The Morgan fingerprint density at radius 3 is 2.26 bits per heavy atom. The monoisotopic (exact) mass is 417 g/mol. The summed E-state index contributed by atoms with van der Waals surface area (Å²) in [5.41, 5.74) is 2.42. The first-order valence-electron chi connectivity index (χ1n) is 10.2. The number of carbonyl (C=O) groups excluding carboxylic acids is 2. The van der Waals surface area contributed by atoms with Gasteiger partial charge >= 0.3 is 0 Å². The SMILES string of the molecule is C=CCOc1ccc(C(O)=C2C(=O)C(=O)N(CC=C)[C@@H]2c2ccc(C(C)C)cc2)cc1. The van der Waals surface area contributed by atoms with Crippen LogP contribution in [0.5, 0.6) is 5.75 Å². The van der Waals surface area contributed by atoms with Crippen LogP contribution in [-0.2, 0) is 9.59 Å². The van der Waals surface area contributed by atoms with E-state index in [1.54, 1.807) is 36.4 Å². The second kappa shape index (κ2) is 9.47. The molecule has 1 aliphatic heterocycles. The summed E-state index contributed by atoms with van der Waals surface area (Å²) >= 11 is 0. The Bertz CT molecular complexity index is 1020. The van der Waals surface area contributed by atoms with Gasteiger partial charge in [0.05, 0.1) is 11.6 Å². The number of likely N-dealkylation sites (tertiary alicyclic amines) is 1. The molecule has 5 nitrogen and oxygen atoms in total. The maximum absolute atomic E-state index is 12.9. The molecule has 31 heavy (non-hydrogen) atoms. The smallest absolute Gasteiger partial charge is 0.295 e. The Hall–Kier alpha value is -3.60. The summed E-state index contributed by atoms with van der Waals surface area (Å²) in [4.78, 5) is 27.1. The Labute approximate surface area is 183 Å². The molecule has 0 saturated carbocycles. The van der Waals surface area contributed by atoms with Gasteiger partial charge in [0.25, 0.3) is 11.7 Å². The van der Waals surface area contributed by atoms with Crippen molar-refractivity contribution < 1.29 is 19.4 Å². The van der Waals surface area contributed by atoms with Gasteiger partial charge in [0, 0.05) is 12.1 Å². The van der Waals surface area contributed by atoms with Gasteiger partial charge in [-0.2, -0.15) is 0 Å². The summed E-state index contributed by atoms with van der Waals surface area (Å²) < 4.78 is 5.47. The lowest BCUT2D eigenvalue weighted by molar-refractivity contribution is -0.139. The fraction of sp³-hybridized carbons (Fsp3) is 0.231. The van der Waals surface area contributed by atoms with E-state index in [0.29, 0.717) is 23.8 Å². The van der Waals surface area contributed by atoms with Crippen LogP contribution in [0.1, 0.15) is 42.5 Å². The number of hydrogen-bond donors (Lipinski definition) is 1. The van der Waals surface area contributed by atoms with E-state index in [2.05, 4.69) is 27.0 Å². The van der Waals surface area contributed by atoms with Gasteiger partial charge in [-0.15, -0.1) is 6.58 Å². The van der Waals surface area contributed by atoms with E-state index >= 15 is 0 Å². The van der Waals surface area contributed by atoms with Gasteiger partial charge in [-0.3, -0.25) is 9.59 Å². The molecule has 0 radical (unpaired) electrons. The van der Waals surface area contributed by atoms with Crippen molar-refractivity contribution in [1.82, 2.24) is 4.90 Å². The zero-order chi connectivity index (χ0) is 22.5. The average Bonchev–Trinajstić information content (AvgIpc) is 3.03. The van der Waals surface area contributed by atoms with Crippen LogP contribution in [0.2, 0.25) is 0 Å². The van der Waals surface area contributed by atoms with Gasteiger partial charge in [-0.05, 0) is 41.3 Å². The number of Topliss-reactive ketones (excluding diaryl/α,β-unsaturated/α-hetero) is 1. The zero-order valence-corrected chi connectivity index (χ0v) is 17.9. The summed E-state index contributed by atoms with van der Waals surface area (Å²) in [5, 5.41) is 11.0. The number of aliphatic hydroxyl groups excluding tert-OH is 1. The van der Waals surface area contributed by atoms with Crippen LogP contribution in [0, 0.1) is 0 Å². The van der Waals surface area contributed by atoms with E-state index in [4.69, 9.17) is 4.74 Å². The highest BCUT2D eigenvalue weighted by Crippen LogP contribution is 2.39. The summed E-state index contributed by atoms with van der Waals surface area (Å²) in [6, 6.07) is 13.8. The quantitative estimate of drug-likeness (QED) is 0.285. The molecule has 0 unspecified atom stereocenters. The number of carbonyl (C=O) groups is 2. The molecule has 160 valence electrons. The van der Waals surface area contributed by atoms with Crippen LogP contribution >= 0.6 is 0 Å². The Kier molecular flexibility index (Phi) is 6.75. The largest absolute Gasteiger partial charge is 0.507 e. The second-order valence-electron chi connectivity index (χ2n) is 7.69. The lowest BCUT2D eigenvalue weighted by Gasteiger charge is -2.24. The molecule has 2 aromatic rings. The van der Waals surface area contributed by atoms with E-state index in [1.165, 1.54) is 4.90 Å². The van der Waals surface area contributed by atoms with Crippen molar-refractivity contribution in [1.29, 1.82) is 0 Å². The molecule has 1 fully saturated rings. The number of ether oxygens (including phenoxy) is 1. The minimum absolute atomic E-state index is 0.0731. The molecule has 1 aliphatic rings.